The fraction of sp³-hybridized carbons (Fsp3) is 0.417. The molecule has 0 saturated carbocycles. The zero-order valence-electron chi connectivity index (χ0n) is 10.0. The predicted molar refractivity (Wildman–Crippen MR) is 64.1 cm³/mol. The first-order chi connectivity index (χ1) is 7.56. The normalized spacial score (nSPS) is 13.0. The Morgan fingerprint density at radius 3 is 2.75 bits per heavy atom. The van der Waals surface area contributed by atoms with Crippen molar-refractivity contribution in [1.82, 2.24) is 14.3 Å². The Hall–Kier alpha value is -1.55. The molecule has 16 heavy (non-hydrogen) atoms. The first kappa shape index (κ1) is 11.0. The van der Waals surface area contributed by atoms with Gasteiger partial charge in [-0.3, -0.25) is 4.68 Å². The van der Waals surface area contributed by atoms with Crippen molar-refractivity contribution in [3.63, 3.8) is 0 Å². The predicted octanol–water partition coefficient (Wildman–Crippen LogP) is 1.60. The van der Waals surface area contributed by atoms with Gasteiger partial charge < -0.3 is 10.3 Å². The van der Waals surface area contributed by atoms with E-state index in [4.69, 9.17) is 5.73 Å². The van der Waals surface area contributed by atoms with Crippen molar-refractivity contribution in [2.75, 3.05) is 0 Å². The molecule has 2 aromatic heterocycles. The Kier molecular flexibility index (Phi) is 2.83. The number of hydrogen-bond donors (Lipinski definition) is 1. The zero-order chi connectivity index (χ0) is 11.7. The summed E-state index contributed by atoms with van der Waals surface area (Å²) >= 11 is 0. The van der Waals surface area contributed by atoms with E-state index in [0.29, 0.717) is 0 Å². The van der Waals surface area contributed by atoms with Crippen molar-refractivity contribution >= 4 is 0 Å². The maximum absolute atomic E-state index is 5.82. The molecule has 0 aliphatic heterocycles. The maximum Gasteiger partial charge on any atom is 0.0639 e. The summed E-state index contributed by atoms with van der Waals surface area (Å²) in [5.74, 6) is 0. The molecule has 0 aliphatic rings. The highest BCUT2D eigenvalue weighted by atomic mass is 15.3. The highest BCUT2D eigenvalue weighted by Gasteiger charge is 2.05. The van der Waals surface area contributed by atoms with E-state index in [2.05, 4.69) is 34.2 Å². The van der Waals surface area contributed by atoms with Gasteiger partial charge in [-0.1, -0.05) is 0 Å². The number of aryl methyl sites for hydroxylation is 2. The van der Waals surface area contributed by atoms with Gasteiger partial charge in [0.15, 0.2) is 0 Å². The van der Waals surface area contributed by atoms with Crippen LogP contribution in [0, 0.1) is 6.92 Å². The third-order valence-electron chi connectivity index (χ3n) is 2.74. The molecule has 2 rings (SSSR count). The van der Waals surface area contributed by atoms with Gasteiger partial charge in [0.1, 0.15) is 0 Å². The Morgan fingerprint density at radius 2 is 2.25 bits per heavy atom. The number of aromatic nitrogens is 3. The van der Waals surface area contributed by atoms with Crippen LogP contribution in [0.15, 0.2) is 24.5 Å². The first-order valence-corrected chi connectivity index (χ1v) is 5.47. The summed E-state index contributed by atoms with van der Waals surface area (Å²) < 4.78 is 4.05. The van der Waals surface area contributed by atoms with Gasteiger partial charge in [-0.15, -0.1) is 0 Å². The number of nitrogens with zero attached hydrogens (tertiary/aromatic N) is 3. The first-order valence-electron chi connectivity index (χ1n) is 5.47. The second-order valence-electron chi connectivity index (χ2n) is 4.31. The lowest BCUT2D eigenvalue weighted by Crippen LogP contribution is -2.05. The van der Waals surface area contributed by atoms with Gasteiger partial charge in [0.2, 0.25) is 0 Å². The van der Waals surface area contributed by atoms with Crippen LogP contribution in [-0.4, -0.2) is 14.3 Å². The molecule has 0 radical (unpaired) electrons. The summed E-state index contributed by atoms with van der Waals surface area (Å²) in [6.45, 7) is 4.84. The third kappa shape index (κ3) is 2.17. The van der Waals surface area contributed by atoms with Gasteiger partial charge in [-0.25, -0.2) is 0 Å². The quantitative estimate of drug-likeness (QED) is 0.850. The number of hydrogen-bond acceptors (Lipinski definition) is 2. The molecule has 1 atom stereocenters. The van der Waals surface area contributed by atoms with E-state index in [1.165, 1.54) is 11.3 Å². The van der Waals surface area contributed by atoms with E-state index in [1.807, 2.05) is 25.6 Å². The van der Waals surface area contributed by atoms with Crippen LogP contribution in [0.5, 0.6) is 0 Å². The Bertz CT molecular complexity index is 479. The molecule has 0 amide bonds. The molecule has 4 nitrogen and oxygen atoms in total. The van der Waals surface area contributed by atoms with Crippen LogP contribution in [-0.2, 0) is 13.6 Å². The SMILES string of the molecule is Cc1cc(Cn2ccc(C(C)N)c2)n(C)n1. The highest BCUT2D eigenvalue weighted by molar-refractivity contribution is 5.16. The molecule has 0 aliphatic carbocycles. The minimum Gasteiger partial charge on any atom is -0.348 e. The van der Waals surface area contributed by atoms with Crippen LogP contribution in [0.1, 0.15) is 29.9 Å². The van der Waals surface area contributed by atoms with Crippen molar-refractivity contribution in [2.45, 2.75) is 26.4 Å². The Balaban J connectivity index is 2.17. The lowest BCUT2D eigenvalue weighted by molar-refractivity contribution is 0.663. The molecule has 0 spiro atoms. The highest BCUT2D eigenvalue weighted by Crippen LogP contribution is 2.11. The summed E-state index contributed by atoms with van der Waals surface area (Å²) in [5, 5.41) is 4.33. The lowest BCUT2D eigenvalue weighted by Gasteiger charge is -2.04. The van der Waals surface area contributed by atoms with Crippen LogP contribution in [0.25, 0.3) is 0 Å². The molecule has 0 bridgehead atoms. The van der Waals surface area contributed by atoms with Crippen molar-refractivity contribution in [2.24, 2.45) is 12.8 Å². The zero-order valence-corrected chi connectivity index (χ0v) is 10.0. The van der Waals surface area contributed by atoms with Gasteiger partial charge in [-0.2, -0.15) is 5.10 Å². The van der Waals surface area contributed by atoms with Crippen molar-refractivity contribution < 1.29 is 0 Å². The van der Waals surface area contributed by atoms with Gasteiger partial charge in [0.25, 0.3) is 0 Å². The summed E-state index contributed by atoms with van der Waals surface area (Å²) in [7, 11) is 1.97. The Morgan fingerprint density at radius 1 is 1.50 bits per heavy atom. The second-order valence-corrected chi connectivity index (χ2v) is 4.31. The minimum absolute atomic E-state index is 0.0922. The van der Waals surface area contributed by atoms with E-state index in [0.717, 1.165) is 12.2 Å². The lowest BCUT2D eigenvalue weighted by atomic mass is 10.2. The van der Waals surface area contributed by atoms with Crippen LogP contribution >= 0.6 is 0 Å². The van der Waals surface area contributed by atoms with Gasteiger partial charge in [0.05, 0.1) is 17.9 Å². The molecule has 0 fully saturated rings. The van der Waals surface area contributed by atoms with Gasteiger partial charge in [0, 0.05) is 25.5 Å². The van der Waals surface area contributed by atoms with Gasteiger partial charge in [-0.05, 0) is 31.5 Å². The molecule has 2 N–H and O–H groups in total. The molecule has 0 aromatic carbocycles. The fourth-order valence-electron chi connectivity index (χ4n) is 1.83. The monoisotopic (exact) mass is 218 g/mol. The third-order valence-corrected chi connectivity index (χ3v) is 2.74. The van der Waals surface area contributed by atoms with Crippen LogP contribution < -0.4 is 5.73 Å². The molecule has 0 saturated heterocycles. The van der Waals surface area contributed by atoms with E-state index < -0.39 is 0 Å². The van der Waals surface area contributed by atoms with Crippen molar-refractivity contribution in [3.05, 3.63) is 41.5 Å². The molecule has 86 valence electrons. The van der Waals surface area contributed by atoms with Crippen LogP contribution in [0.3, 0.4) is 0 Å². The summed E-state index contributed by atoms with van der Waals surface area (Å²) in [6, 6.07) is 4.26. The number of rotatable bonds is 3. The van der Waals surface area contributed by atoms with Crippen molar-refractivity contribution in [1.29, 1.82) is 0 Å². The smallest absolute Gasteiger partial charge is 0.0639 e. The minimum atomic E-state index is 0.0922. The molecule has 1 unspecified atom stereocenters. The van der Waals surface area contributed by atoms with Crippen LogP contribution in [0.4, 0.5) is 0 Å². The summed E-state index contributed by atoms with van der Waals surface area (Å²) in [5.41, 5.74) is 9.24. The van der Waals surface area contributed by atoms with Gasteiger partial charge >= 0.3 is 0 Å². The van der Waals surface area contributed by atoms with E-state index in [1.54, 1.807) is 0 Å². The Labute approximate surface area is 95.7 Å². The summed E-state index contributed by atoms with van der Waals surface area (Å²) in [6.07, 6.45) is 4.15. The van der Waals surface area contributed by atoms with E-state index in [-0.39, 0.29) is 6.04 Å². The maximum atomic E-state index is 5.82. The second kappa shape index (κ2) is 4.14. The van der Waals surface area contributed by atoms with E-state index in [9.17, 15) is 0 Å². The molecule has 2 aromatic rings. The summed E-state index contributed by atoms with van der Waals surface area (Å²) in [4.78, 5) is 0. The standard InChI is InChI=1S/C12H18N4/c1-9-6-12(15(3)14-9)8-16-5-4-11(7-16)10(2)13/h4-7,10H,8,13H2,1-3H3. The average Bonchev–Trinajstić information content (AvgIpc) is 2.75. The largest absolute Gasteiger partial charge is 0.348 e. The average molecular weight is 218 g/mol. The number of nitrogens with two attached hydrogens (primary N) is 1. The molecular weight excluding hydrogens is 200 g/mol. The topological polar surface area (TPSA) is 48.8 Å². The van der Waals surface area contributed by atoms with Crippen LogP contribution in [0.2, 0.25) is 0 Å². The molecule has 2 heterocycles. The fourth-order valence-corrected chi connectivity index (χ4v) is 1.83. The van der Waals surface area contributed by atoms with Crippen molar-refractivity contribution in [3.8, 4) is 0 Å². The molecule has 4 heteroatoms. The van der Waals surface area contributed by atoms with E-state index >= 15 is 0 Å². The molecular formula is C12H18N4.